The van der Waals surface area contributed by atoms with Gasteiger partial charge in [-0.2, -0.15) is 0 Å². The molecule has 3 aliphatic heterocycles. The monoisotopic (exact) mass is 448 g/mol. The van der Waals surface area contributed by atoms with Crippen LogP contribution >= 0.6 is 0 Å². The number of amides is 1. The molecule has 4 atom stereocenters. The van der Waals surface area contributed by atoms with Crippen molar-refractivity contribution in [2.45, 2.75) is 51.4 Å². The van der Waals surface area contributed by atoms with Crippen molar-refractivity contribution in [3.05, 3.63) is 42.1 Å². The molecule has 1 aromatic carbocycles. The summed E-state index contributed by atoms with van der Waals surface area (Å²) in [5.41, 5.74) is 4.06. The van der Waals surface area contributed by atoms with Gasteiger partial charge in [-0.25, -0.2) is 4.98 Å². The number of aromatic nitrogens is 1. The van der Waals surface area contributed by atoms with Gasteiger partial charge in [-0.15, -0.1) is 0 Å². The summed E-state index contributed by atoms with van der Waals surface area (Å²) in [5, 5.41) is 3.50. The fourth-order valence-corrected chi connectivity index (χ4v) is 6.01. The third-order valence-electron chi connectivity index (χ3n) is 7.69. The predicted molar refractivity (Wildman–Crippen MR) is 128 cm³/mol. The van der Waals surface area contributed by atoms with Crippen LogP contribution in [0.5, 0.6) is 0 Å². The number of carbonyl (C=O) groups is 1. The van der Waals surface area contributed by atoms with E-state index < -0.39 is 0 Å². The van der Waals surface area contributed by atoms with Crippen LogP contribution in [0.2, 0.25) is 0 Å². The van der Waals surface area contributed by atoms with E-state index >= 15 is 0 Å². The molecule has 4 heterocycles. The van der Waals surface area contributed by atoms with Crippen LogP contribution in [-0.4, -0.2) is 49.4 Å². The minimum atomic E-state index is 0.0401. The Kier molecular flexibility index (Phi) is 5.46. The smallest absolute Gasteiger partial charge is 0.230 e. The number of ether oxygens (including phenoxy) is 2. The molecule has 3 fully saturated rings. The first kappa shape index (κ1) is 20.9. The minimum absolute atomic E-state index is 0.0401. The van der Waals surface area contributed by atoms with E-state index in [4.69, 9.17) is 9.47 Å². The Morgan fingerprint density at radius 3 is 2.91 bits per heavy atom. The van der Waals surface area contributed by atoms with Gasteiger partial charge in [0.1, 0.15) is 5.82 Å². The van der Waals surface area contributed by atoms with Crippen LogP contribution in [0.25, 0.3) is 0 Å². The van der Waals surface area contributed by atoms with Crippen LogP contribution in [0.4, 0.5) is 22.9 Å². The quantitative estimate of drug-likeness (QED) is 0.746. The van der Waals surface area contributed by atoms with Gasteiger partial charge >= 0.3 is 0 Å². The van der Waals surface area contributed by atoms with Crippen LogP contribution in [-0.2, 0) is 20.8 Å². The minimum Gasteiger partial charge on any atom is -0.378 e. The zero-order chi connectivity index (χ0) is 22.4. The van der Waals surface area contributed by atoms with Crippen LogP contribution < -0.4 is 15.1 Å². The largest absolute Gasteiger partial charge is 0.378 e. The summed E-state index contributed by atoms with van der Waals surface area (Å²) in [6, 6.07) is 10.4. The normalized spacial score (nSPS) is 28.9. The van der Waals surface area contributed by atoms with Crippen LogP contribution in [0, 0.1) is 11.8 Å². The molecule has 2 aromatic rings. The molecule has 7 nitrogen and oxygen atoms in total. The molecular weight excluding hydrogens is 416 g/mol. The molecule has 6 rings (SSSR count). The fraction of sp³-hybridized carbons (Fsp3) is 0.538. The molecule has 33 heavy (non-hydrogen) atoms. The lowest BCUT2D eigenvalue weighted by molar-refractivity contribution is -0.124. The molecular formula is C26H32N4O3. The molecule has 0 spiro atoms. The van der Waals surface area contributed by atoms with Crippen molar-refractivity contribution in [3.8, 4) is 0 Å². The summed E-state index contributed by atoms with van der Waals surface area (Å²) < 4.78 is 11.6. The molecule has 0 unspecified atom stereocenters. The van der Waals surface area contributed by atoms with Crippen molar-refractivity contribution in [1.29, 1.82) is 0 Å². The second-order valence-corrected chi connectivity index (χ2v) is 9.85. The first-order chi connectivity index (χ1) is 16.2. The van der Waals surface area contributed by atoms with E-state index in [9.17, 15) is 4.79 Å². The average molecular weight is 449 g/mol. The van der Waals surface area contributed by atoms with E-state index in [1.54, 1.807) is 6.20 Å². The molecule has 174 valence electrons. The van der Waals surface area contributed by atoms with Crippen LogP contribution in [0.15, 0.2) is 36.5 Å². The maximum absolute atomic E-state index is 14.0. The SMILES string of the molecule is C[C@H]1C[C@H]2C[C@H](C(=O)N3Cc4cccnc4Nc4ccc(N5CCOCC5)cc43)CC[C@H]2O1. The van der Waals surface area contributed by atoms with Gasteiger partial charge in [-0.05, 0) is 62.8 Å². The Morgan fingerprint density at radius 1 is 1.15 bits per heavy atom. The molecule has 4 aliphatic rings. The molecule has 0 bridgehead atoms. The number of nitrogens with zero attached hydrogens (tertiary/aromatic N) is 3. The Balaban J connectivity index is 1.34. The number of anilines is 4. The Bertz CT molecular complexity index is 1040. The number of rotatable bonds is 2. The standard InChI is InChI=1S/C26H32N4O3/c1-17-13-20-14-18(4-7-24(20)33-17)26(31)30-16-19-3-2-8-27-25(19)28-22-6-5-21(15-23(22)30)29-9-11-32-12-10-29/h2-3,5-6,8,15,17-18,20,24H,4,7,9-14,16H2,1H3,(H,27,28)/t17-,18+,20-,24+/m0/s1. The van der Waals surface area contributed by atoms with Crippen LogP contribution in [0.1, 0.15) is 38.2 Å². The van der Waals surface area contributed by atoms with Gasteiger partial charge in [-0.3, -0.25) is 4.79 Å². The summed E-state index contributed by atoms with van der Waals surface area (Å²) in [7, 11) is 0. The van der Waals surface area contributed by atoms with Gasteiger partial charge < -0.3 is 24.6 Å². The number of pyridine rings is 1. The molecule has 1 aliphatic carbocycles. The van der Waals surface area contributed by atoms with Crippen LogP contribution in [0.3, 0.4) is 0 Å². The topological polar surface area (TPSA) is 66.9 Å². The second-order valence-electron chi connectivity index (χ2n) is 9.85. The summed E-state index contributed by atoms with van der Waals surface area (Å²) in [6.45, 7) is 5.89. The van der Waals surface area contributed by atoms with E-state index in [0.29, 0.717) is 24.7 Å². The lowest BCUT2D eigenvalue weighted by Crippen LogP contribution is -2.40. The van der Waals surface area contributed by atoms with E-state index in [0.717, 1.165) is 80.4 Å². The lowest BCUT2D eigenvalue weighted by Gasteiger charge is -2.34. The Hall–Kier alpha value is -2.64. The maximum atomic E-state index is 14.0. The third kappa shape index (κ3) is 3.97. The highest BCUT2D eigenvalue weighted by molar-refractivity contribution is 6.00. The molecule has 7 heteroatoms. The van der Waals surface area contributed by atoms with E-state index in [1.165, 1.54) is 0 Å². The number of carbonyl (C=O) groups excluding carboxylic acids is 1. The summed E-state index contributed by atoms with van der Waals surface area (Å²) in [6.07, 6.45) is 6.32. The third-order valence-corrected chi connectivity index (χ3v) is 7.69. The highest BCUT2D eigenvalue weighted by atomic mass is 16.5. The number of hydrogen-bond acceptors (Lipinski definition) is 6. The van der Waals surface area contributed by atoms with Crippen molar-refractivity contribution in [1.82, 2.24) is 4.98 Å². The summed E-state index contributed by atoms with van der Waals surface area (Å²) in [5.74, 6) is 1.60. The van der Waals surface area contributed by atoms with Gasteiger partial charge in [0.25, 0.3) is 0 Å². The van der Waals surface area contributed by atoms with Crippen molar-refractivity contribution >= 4 is 28.8 Å². The maximum Gasteiger partial charge on any atom is 0.230 e. The zero-order valence-electron chi connectivity index (χ0n) is 19.2. The number of fused-ring (bicyclic) bond motifs is 3. The molecule has 1 amide bonds. The lowest BCUT2D eigenvalue weighted by atomic mass is 9.78. The zero-order valence-corrected chi connectivity index (χ0v) is 19.2. The molecule has 2 saturated heterocycles. The molecule has 1 N–H and O–H groups in total. The van der Waals surface area contributed by atoms with Gasteiger partial charge in [0.05, 0.1) is 43.3 Å². The number of benzene rings is 1. The molecule has 1 saturated carbocycles. The average Bonchev–Trinajstić information content (AvgIpc) is 3.14. The van der Waals surface area contributed by atoms with E-state index in [2.05, 4.69) is 46.4 Å². The van der Waals surface area contributed by atoms with E-state index in [-0.39, 0.29) is 11.8 Å². The van der Waals surface area contributed by atoms with Crippen molar-refractivity contribution in [3.63, 3.8) is 0 Å². The number of morpholine rings is 1. The summed E-state index contributed by atoms with van der Waals surface area (Å²) in [4.78, 5) is 22.9. The van der Waals surface area contributed by atoms with Crippen molar-refractivity contribution in [2.24, 2.45) is 11.8 Å². The van der Waals surface area contributed by atoms with Gasteiger partial charge in [0, 0.05) is 36.5 Å². The molecule has 0 radical (unpaired) electrons. The van der Waals surface area contributed by atoms with Gasteiger partial charge in [0.2, 0.25) is 5.91 Å². The Morgan fingerprint density at radius 2 is 2.03 bits per heavy atom. The highest BCUT2D eigenvalue weighted by Gasteiger charge is 2.41. The second kappa shape index (κ2) is 8.61. The first-order valence-corrected chi connectivity index (χ1v) is 12.3. The van der Waals surface area contributed by atoms with E-state index in [1.807, 2.05) is 11.0 Å². The fourth-order valence-electron chi connectivity index (χ4n) is 6.01. The first-order valence-electron chi connectivity index (χ1n) is 12.3. The highest BCUT2D eigenvalue weighted by Crippen LogP contribution is 2.43. The summed E-state index contributed by atoms with van der Waals surface area (Å²) >= 11 is 0. The van der Waals surface area contributed by atoms with Gasteiger partial charge in [0.15, 0.2) is 0 Å². The van der Waals surface area contributed by atoms with Crippen molar-refractivity contribution < 1.29 is 14.3 Å². The van der Waals surface area contributed by atoms with Gasteiger partial charge in [-0.1, -0.05) is 6.07 Å². The Labute approximate surface area is 195 Å². The van der Waals surface area contributed by atoms with Crippen molar-refractivity contribution in [2.75, 3.05) is 41.4 Å². The number of hydrogen-bond donors (Lipinski definition) is 1. The number of nitrogens with one attached hydrogen (secondary N) is 1. The molecule has 1 aromatic heterocycles. The predicted octanol–water partition coefficient (Wildman–Crippen LogP) is 4.10.